The van der Waals surface area contributed by atoms with E-state index in [0.29, 0.717) is 22.4 Å². The Labute approximate surface area is 213 Å². The number of halogens is 3. The standard InChI is InChI=1S/C25H16BrClFN5O2/c26-18-7-9-22(35-14-16-6-8-19(28)11-21(16)27)17(10-18)13-30-33-25-31-23(15-4-2-1-3-5-15)20(12-29)24(34)32-25/h1-11,13H,14H2,(H2,31,32,33,34). The molecule has 4 aromatic rings. The van der Waals surface area contributed by atoms with Crippen LogP contribution in [0.15, 0.2) is 81.1 Å². The summed E-state index contributed by atoms with van der Waals surface area (Å²) in [7, 11) is 0. The molecule has 3 aromatic carbocycles. The molecule has 10 heteroatoms. The molecular formula is C25H16BrClFN5O2. The normalized spacial score (nSPS) is 10.8. The van der Waals surface area contributed by atoms with Crippen molar-refractivity contribution in [1.29, 1.82) is 5.26 Å². The number of anilines is 1. The maximum absolute atomic E-state index is 13.3. The Hall–Kier alpha value is -4.00. The Balaban J connectivity index is 1.56. The summed E-state index contributed by atoms with van der Waals surface area (Å²) in [5.41, 5.74) is 4.14. The molecule has 0 radical (unpaired) electrons. The second kappa shape index (κ2) is 11.0. The lowest BCUT2D eigenvalue weighted by Gasteiger charge is -2.11. The van der Waals surface area contributed by atoms with Crippen molar-refractivity contribution in [2.75, 3.05) is 5.43 Å². The van der Waals surface area contributed by atoms with Gasteiger partial charge in [-0.25, -0.2) is 14.8 Å². The minimum Gasteiger partial charge on any atom is -0.488 e. The van der Waals surface area contributed by atoms with Gasteiger partial charge in [0.1, 0.15) is 29.8 Å². The van der Waals surface area contributed by atoms with Gasteiger partial charge < -0.3 is 4.74 Å². The molecule has 0 aliphatic carbocycles. The van der Waals surface area contributed by atoms with Crippen LogP contribution in [0.5, 0.6) is 5.75 Å². The fraction of sp³-hybridized carbons (Fsp3) is 0.0400. The molecule has 0 aliphatic rings. The van der Waals surface area contributed by atoms with E-state index in [9.17, 15) is 14.4 Å². The van der Waals surface area contributed by atoms with Crippen molar-refractivity contribution in [1.82, 2.24) is 9.97 Å². The van der Waals surface area contributed by atoms with Crippen LogP contribution in [0.25, 0.3) is 11.3 Å². The number of nitrogens with zero attached hydrogens (tertiary/aromatic N) is 3. The van der Waals surface area contributed by atoms with Gasteiger partial charge in [-0.05, 0) is 30.3 Å². The summed E-state index contributed by atoms with van der Waals surface area (Å²) in [6, 6.07) is 20.3. The molecule has 1 heterocycles. The maximum Gasteiger partial charge on any atom is 0.270 e. The third-order valence-corrected chi connectivity index (χ3v) is 5.67. The van der Waals surface area contributed by atoms with Crippen LogP contribution in [0.1, 0.15) is 16.7 Å². The fourth-order valence-electron chi connectivity index (χ4n) is 3.14. The molecule has 0 atom stereocenters. The quantitative estimate of drug-likeness (QED) is 0.220. The van der Waals surface area contributed by atoms with Crippen molar-refractivity contribution < 1.29 is 9.13 Å². The molecule has 4 rings (SSSR count). The van der Waals surface area contributed by atoms with Crippen LogP contribution >= 0.6 is 27.5 Å². The summed E-state index contributed by atoms with van der Waals surface area (Å²) in [6.07, 6.45) is 1.49. The Kier molecular flexibility index (Phi) is 7.55. The maximum atomic E-state index is 13.3. The van der Waals surface area contributed by atoms with Crippen molar-refractivity contribution in [2.45, 2.75) is 6.61 Å². The molecule has 2 N–H and O–H groups in total. The lowest BCUT2D eigenvalue weighted by Crippen LogP contribution is -2.16. The van der Waals surface area contributed by atoms with Gasteiger partial charge in [0.05, 0.1) is 16.9 Å². The molecule has 174 valence electrons. The average Bonchev–Trinajstić information content (AvgIpc) is 2.84. The predicted octanol–water partition coefficient (Wildman–Crippen LogP) is 5.89. The fourth-order valence-corrected chi connectivity index (χ4v) is 3.74. The predicted molar refractivity (Wildman–Crippen MR) is 136 cm³/mol. The van der Waals surface area contributed by atoms with Gasteiger partial charge in [-0.2, -0.15) is 10.4 Å². The second-order valence-corrected chi connectivity index (χ2v) is 8.52. The van der Waals surface area contributed by atoms with Crippen LogP contribution in [0.4, 0.5) is 10.3 Å². The van der Waals surface area contributed by atoms with E-state index in [2.05, 4.69) is 36.4 Å². The van der Waals surface area contributed by atoms with Gasteiger partial charge in [0.25, 0.3) is 5.56 Å². The van der Waals surface area contributed by atoms with Gasteiger partial charge in [-0.3, -0.25) is 9.78 Å². The molecule has 0 bridgehead atoms. The lowest BCUT2D eigenvalue weighted by atomic mass is 10.1. The zero-order chi connectivity index (χ0) is 24.8. The number of nitrogens with one attached hydrogen (secondary N) is 2. The van der Waals surface area contributed by atoms with E-state index in [1.165, 1.54) is 18.3 Å². The molecule has 7 nitrogen and oxygen atoms in total. The first-order valence-electron chi connectivity index (χ1n) is 10.2. The number of hydrogen-bond donors (Lipinski definition) is 2. The first-order chi connectivity index (χ1) is 16.9. The molecule has 0 fully saturated rings. The Morgan fingerprint density at radius 2 is 2.00 bits per heavy atom. The number of aromatic nitrogens is 2. The van der Waals surface area contributed by atoms with Crippen LogP contribution < -0.4 is 15.7 Å². The minimum atomic E-state index is -0.582. The molecule has 35 heavy (non-hydrogen) atoms. The number of hydrazone groups is 1. The highest BCUT2D eigenvalue weighted by molar-refractivity contribution is 9.10. The van der Waals surface area contributed by atoms with E-state index in [4.69, 9.17) is 16.3 Å². The van der Waals surface area contributed by atoms with Crippen molar-refractivity contribution in [3.05, 3.63) is 109 Å². The minimum absolute atomic E-state index is 0.0691. The van der Waals surface area contributed by atoms with Gasteiger partial charge in [-0.15, -0.1) is 0 Å². The second-order valence-electron chi connectivity index (χ2n) is 7.19. The van der Waals surface area contributed by atoms with Gasteiger partial charge in [-0.1, -0.05) is 63.9 Å². The van der Waals surface area contributed by atoms with Crippen LogP contribution in [-0.2, 0) is 6.61 Å². The zero-order valence-corrected chi connectivity index (χ0v) is 20.3. The van der Waals surface area contributed by atoms with E-state index < -0.39 is 11.4 Å². The van der Waals surface area contributed by atoms with Crippen molar-refractivity contribution in [3.8, 4) is 23.1 Å². The Morgan fingerprint density at radius 3 is 2.74 bits per heavy atom. The summed E-state index contributed by atoms with van der Waals surface area (Å²) in [4.78, 5) is 19.3. The van der Waals surface area contributed by atoms with E-state index >= 15 is 0 Å². The number of rotatable bonds is 7. The molecule has 0 saturated carbocycles. The number of ether oxygens (including phenoxy) is 1. The topological polar surface area (TPSA) is 103 Å². The van der Waals surface area contributed by atoms with Gasteiger partial charge in [0, 0.05) is 21.2 Å². The highest BCUT2D eigenvalue weighted by atomic mass is 79.9. The lowest BCUT2D eigenvalue weighted by molar-refractivity contribution is 0.305. The first-order valence-corrected chi connectivity index (χ1v) is 11.4. The summed E-state index contributed by atoms with van der Waals surface area (Å²) < 4.78 is 20.0. The molecule has 0 aliphatic heterocycles. The van der Waals surface area contributed by atoms with E-state index in [1.54, 1.807) is 48.5 Å². The van der Waals surface area contributed by atoms with Crippen LogP contribution in [0.3, 0.4) is 0 Å². The highest BCUT2D eigenvalue weighted by Crippen LogP contribution is 2.25. The number of nitriles is 1. The third-order valence-electron chi connectivity index (χ3n) is 4.82. The number of aromatic amines is 1. The highest BCUT2D eigenvalue weighted by Gasteiger charge is 2.13. The molecule has 0 unspecified atom stereocenters. The number of hydrogen-bond acceptors (Lipinski definition) is 6. The smallest absolute Gasteiger partial charge is 0.270 e. The zero-order valence-electron chi connectivity index (χ0n) is 17.9. The Bertz CT molecular complexity index is 1500. The third kappa shape index (κ3) is 5.93. The summed E-state index contributed by atoms with van der Waals surface area (Å²) >= 11 is 9.50. The first kappa shape index (κ1) is 24.1. The molecule has 0 saturated heterocycles. The van der Waals surface area contributed by atoms with Crippen molar-refractivity contribution in [2.24, 2.45) is 5.10 Å². The molecule has 1 aromatic heterocycles. The SMILES string of the molecule is N#Cc1c(-c2ccccc2)nc(NN=Cc2cc(Br)ccc2OCc2ccc(F)cc2Cl)[nH]c1=O. The van der Waals surface area contributed by atoms with E-state index in [-0.39, 0.29) is 28.8 Å². The summed E-state index contributed by atoms with van der Waals surface area (Å²) in [6.45, 7) is 0.125. The van der Waals surface area contributed by atoms with Gasteiger partial charge in [0.2, 0.25) is 5.95 Å². The monoisotopic (exact) mass is 551 g/mol. The molecule has 0 spiro atoms. The Morgan fingerprint density at radius 1 is 1.20 bits per heavy atom. The number of H-pyrrole nitrogens is 1. The molecular weight excluding hydrogens is 537 g/mol. The van der Waals surface area contributed by atoms with Gasteiger partial charge in [0.15, 0.2) is 0 Å². The van der Waals surface area contributed by atoms with Crippen LogP contribution in [0, 0.1) is 17.1 Å². The summed E-state index contributed by atoms with van der Waals surface area (Å²) in [5.74, 6) is 0.149. The van der Waals surface area contributed by atoms with E-state index in [1.807, 2.05) is 12.1 Å². The average molecular weight is 553 g/mol. The van der Waals surface area contributed by atoms with Crippen LogP contribution in [0.2, 0.25) is 5.02 Å². The van der Waals surface area contributed by atoms with Crippen LogP contribution in [-0.4, -0.2) is 16.2 Å². The number of benzene rings is 3. The largest absolute Gasteiger partial charge is 0.488 e. The molecule has 0 amide bonds. The summed E-state index contributed by atoms with van der Waals surface area (Å²) in [5, 5.41) is 13.8. The van der Waals surface area contributed by atoms with Gasteiger partial charge >= 0.3 is 0 Å². The van der Waals surface area contributed by atoms with E-state index in [0.717, 1.165) is 4.47 Å². The van der Waals surface area contributed by atoms with Crippen molar-refractivity contribution >= 4 is 39.7 Å². The van der Waals surface area contributed by atoms with Crippen molar-refractivity contribution in [3.63, 3.8) is 0 Å².